The fraction of sp³-hybridized carbons (Fsp3) is 0.636. The maximum Gasteiger partial charge on any atom is 0.260 e. The second-order valence-electron chi connectivity index (χ2n) is 7.80. The normalized spacial score (nSPS) is 18.1. The summed E-state index contributed by atoms with van der Waals surface area (Å²) in [4.78, 5) is 28.9. The standard InChI is InChI=1S/C22H32N2O4/c1-3-27-20-15-18(22(26)24-13-9-17(2)10-14-24)7-8-19(20)28-16-21(25)23-11-5-4-6-12-23/h7-8,15,17H,3-6,9-14,16H2,1-2H3. The Morgan fingerprint density at radius 2 is 1.68 bits per heavy atom. The zero-order chi connectivity index (χ0) is 19.9. The molecule has 154 valence electrons. The van der Waals surface area contributed by atoms with E-state index >= 15 is 0 Å². The molecule has 3 rings (SSSR count). The van der Waals surface area contributed by atoms with Gasteiger partial charge in [-0.25, -0.2) is 0 Å². The zero-order valence-electron chi connectivity index (χ0n) is 17.1. The van der Waals surface area contributed by atoms with E-state index in [2.05, 4.69) is 6.92 Å². The Balaban J connectivity index is 1.64. The predicted molar refractivity (Wildman–Crippen MR) is 108 cm³/mol. The lowest BCUT2D eigenvalue weighted by Gasteiger charge is -2.30. The van der Waals surface area contributed by atoms with Crippen molar-refractivity contribution in [3.63, 3.8) is 0 Å². The van der Waals surface area contributed by atoms with Gasteiger partial charge in [-0.1, -0.05) is 6.92 Å². The number of piperidine rings is 2. The molecule has 2 aliphatic rings. The van der Waals surface area contributed by atoms with Crippen molar-refractivity contribution in [2.75, 3.05) is 39.4 Å². The monoisotopic (exact) mass is 388 g/mol. The summed E-state index contributed by atoms with van der Waals surface area (Å²) in [6, 6.07) is 5.25. The molecule has 0 atom stereocenters. The van der Waals surface area contributed by atoms with E-state index in [-0.39, 0.29) is 18.4 Å². The van der Waals surface area contributed by atoms with Crippen LogP contribution in [0.25, 0.3) is 0 Å². The third kappa shape index (κ3) is 5.18. The maximum atomic E-state index is 12.8. The summed E-state index contributed by atoms with van der Waals surface area (Å²) in [5.41, 5.74) is 0.604. The average Bonchev–Trinajstić information content (AvgIpc) is 2.73. The highest BCUT2D eigenvalue weighted by Crippen LogP contribution is 2.30. The van der Waals surface area contributed by atoms with E-state index in [0.717, 1.165) is 51.9 Å². The zero-order valence-corrected chi connectivity index (χ0v) is 17.1. The first-order chi connectivity index (χ1) is 13.6. The molecular weight excluding hydrogens is 356 g/mol. The number of rotatable bonds is 6. The second kappa shape index (κ2) is 9.80. The summed E-state index contributed by atoms with van der Waals surface area (Å²) in [6.07, 6.45) is 5.39. The van der Waals surface area contributed by atoms with Crippen molar-refractivity contribution < 1.29 is 19.1 Å². The molecule has 2 saturated heterocycles. The summed E-state index contributed by atoms with van der Waals surface area (Å²) in [5.74, 6) is 1.74. The first-order valence-electron chi connectivity index (χ1n) is 10.5. The Hall–Kier alpha value is -2.24. The van der Waals surface area contributed by atoms with Gasteiger partial charge in [-0.3, -0.25) is 9.59 Å². The molecule has 0 radical (unpaired) electrons. The van der Waals surface area contributed by atoms with Gasteiger partial charge in [0, 0.05) is 31.7 Å². The highest BCUT2D eigenvalue weighted by molar-refractivity contribution is 5.95. The lowest BCUT2D eigenvalue weighted by Crippen LogP contribution is -2.38. The Morgan fingerprint density at radius 3 is 2.36 bits per heavy atom. The van der Waals surface area contributed by atoms with Gasteiger partial charge in [0.05, 0.1) is 6.61 Å². The minimum atomic E-state index is -0.00260. The second-order valence-corrected chi connectivity index (χ2v) is 7.80. The summed E-state index contributed by atoms with van der Waals surface area (Å²) in [6.45, 7) is 7.80. The third-order valence-electron chi connectivity index (χ3n) is 5.62. The van der Waals surface area contributed by atoms with Crippen LogP contribution in [0.4, 0.5) is 0 Å². The van der Waals surface area contributed by atoms with Crippen LogP contribution < -0.4 is 9.47 Å². The Morgan fingerprint density at radius 1 is 0.964 bits per heavy atom. The van der Waals surface area contributed by atoms with Gasteiger partial charge in [-0.05, 0) is 63.1 Å². The van der Waals surface area contributed by atoms with Crippen LogP contribution in [-0.4, -0.2) is 61.0 Å². The minimum absolute atomic E-state index is 0.00260. The van der Waals surface area contributed by atoms with E-state index in [1.807, 2.05) is 16.7 Å². The number of nitrogens with zero attached hydrogens (tertiary/aromatic N) is 2. The van der Waals surface area contributed by atoms with Gasteiger partial charge in [-0.15, -0.1) is 0 Å². The quantitative estimate of drug-likeness (QED) is 0.750. The van der Waals surface area contributed by atoms with Gasteiger partial charge in [0.1, 0.15) is 0 Å². The minimum Gasteiger partial charge on any atom is -0.490 e. The highest BCUT2D eigenvalue weighted by Gasteiger charge is 2.23. The van der Waals surface area contributed by atoms with Gasteiger partial charge in [0.2, 0.25) is 0 Å². The molecule has 0 spiro atoms. The fourth-order valence-corrected chi connectivity index (χ4v) is 3.80. The van der Waals surface area contributed by atoms with E-state index in [1.165, 1.54) is 6.42 Å². The molecule has 1 aromatic carbocycles. The van der Waals surface area contributed by atoms with Gasteiger partial charge in [0.25, 0.3) is 11.8 Å². The van der Waals surface area contributed by atoms with Crippen LogP contribution in [0.1, 0.15) is 56.3 Å². The highest BCUT2D eigenvalue weighted by atomic mass is 16.5. The van der Waals surface area contributed by atoms with Crippen molar-refractivity contribution in [2.45, 2.75) is 46.0 Å². The van der Waals surface area contributed by atoms with E-state index in [1.54, 1.807) is 18.2 Å². The van der Waals surface area contributed by atoms with Crippen molar-refractivity contribution in [1.82, 2.24) is 9.80 Å². The summed E-state index contributed by atoms with van der Waals surface area (Å²) in [5, 5.41) is 0. The summed E-state index contributed by atoms with van der Waals surface area (Å²) in [7, 11) is 0. The first kappa shape index (κ1) is 20.5. The fourth-order valence-electron chi connectivity index (χ4n) is 3.80. The number of hydrogen-bond donors (Lipinski definition) is 0. The van der Waals surface area contributed by atoms with Crippen molar-refractivity contribution in [3.05, 3.63) is 23.8 Å². The van der Waals surface area contributed by atoms with Crippen molar-refractivity contribution in [3.8, 4) is 11.5 Å². The van der Waals surface area contributed by atoms with Crippen LogP contribution >= 0.6 is 0 Å². The molecule has 6 heteroatoms. The van der Waals surface area contributed by atoms with Gasteiger partial charge < -0.3 is 19.3 Å². The number of ether oxygens (including phenoxy) is 2. The topological polar surface area (TPSA) is 59.1 Å². The number of benzene rings is 1. The first-order valence-corrected chi connectivity index (χ1v) is 10.5. The van der Waals surface area contributed by atoms with E-state index in [0.29, 0.717) is 29.6 Å². The van der Waals surface area contributed by atoms with Crippen molar-refractivity contribution in [1.29, 1.82) is 0 Å². The number of likely N-dealkylation sites (tertiary alicyclic amines) is 2. The lowest BCUT2D eigenvalue weighted by molar-refractivity contribution is -0.134. The molecule has 1 aromatic rings. The molecule has 0 bridgehead atoms. The van der Waals surface area contributed by atoms with Crippen LogP contribution in [-0.2, 0) is 4.79 Å². The van der Waals surface area contributed by atoms with Gasteiger partial charge in [0.15, 0.2) is 18.1 Å². The van der Waals surface area contributed by atoms with Crippen LogP contribution in [0, 0.1) is 5.92 Å². The lowest BCUT2D eigenvalue weighted by atomic mass is 9.98. The van der Waals surface area contributed by atoms with Gasteiger partial charge >= 0.3 is 0 Å². The third-order valence-corrected chi connectivity index (χ3v) is 5.62. The van der Waals surface area contributed by atoms with Crippen LogP contribution in [0.3, 0.4) is 0 Å². The molecular formula is C22H32N2O4. The van der Waals surface area contributed by atoms with Crippen molar-refractivity contribution in [2.24, 2.45) is 5.92 Å². The molecule has 6 nitrogen and oxygen atoms in total. The Bertz CT molecular complexity index is 677. The molecule has 0 unspecified atom stereocenters. The number of carbonyl (C=O) groups excluding carboxylic acids is 2. The number of amides is 2. The molecule has 2 heterocycles. The molecule has 0 aliphatic carbocycles. The van der Waals surface area contributed by atoms with E-state index in [9.17, 15) is 9.59 Å². The Kier molecular flexibility index (Phi) is 7.18. The number of carbonyl (C=O) groups is 2. The molecule has 0 aromatic heterocycles. The predicted octanol–water partition coefficient (Wildman–Crippen LogP) is 3.35. The average molecular weight is 389 g/mol. The molecule has 0 saturated carbocycles. The van der Waals surface area contributed by atoms with Crippen molar-refractivity contribution >= 4 is 11.8 Å². The van der Waals surface area contributed by atoms with Crippen LogP contribution in [0.5, 0.6) is 11.5 Å². The molecule has 2 aliphatic heterocycles. The molecule has 2 fully saturated rings. The molecule has 2 amide bonds. The van der Waals surface area contributed by atoms with Crippen LogP contribution in [0.2, 0.25) is 0 Å². The maximum absolute atomic E-state index is 12.8. The largest absolute Gasteiger partial charge is 0.490 e. The van der Waals surface area contributed by atoms with E-state index < -0.39 is 0 Å². The van der Waals surface area contributed by atoms with Crippen LogP contribution in [0.15, 0.2) is 18.2 Å². The molecule has 0 N–H and O–H groups in total. The molecule has 28 heavy (non-hydrogen) atoms. The van der Waals surface area contributed by atoms with E-state index in [4.69, 9.17) is 9.47 Å². The summed E-state index contributed by atoms with van der Waals surface area (Å²) < 4.78 is 11.4. The number of hydrogen-bond acceptors (Lipinski definition) is 4. The smallest absolute Gasteiger partial charge is 0.260 e. The SMILES string of the molecule is CCOc1cc(C(=O)N2CCC(C)CC2)ccc1OCC(=O)N1CCCCC1. The Labute approximate surface area is 167 Å². The summed E-state index contributed by atoms with van der Waals surface area (Å²) >= 11 is 0. The van der Waals surface area contributed by atoms with Gasteiger partial charge in [-0.2, -0.15) is 0 Å².